The molecule has 0 aliphatic heterocycles. The summed E-state index contributed by atoms with van der Waals surface area (Å²) in [4.78, 5) is 11.8. The Labute approximate surface area is 121 Å². The van der Waals surface area contributed by atoms with Crippen molar-refractivity contribution in [2.24, 2.45) is 0 Å². The molecule has 0 aliphatic carbocycles. The van der Waals surface area contributed by atoms with Crippen LogP contribution in [-0.4, -0.2) is 12.4 Å². The van der Waals surface area contributed by atoms with Gasteiger partial charge in [-0.2, -0.15) is 0 Å². The van der Waals surface area contributed by atoms with Gasteiger partial charge in [0.2, 0.25) is 0 Å². The standard InChI is InChI=1S/C15H12Cl2O2/c16-13-7-4-8-14(15(13)17)19-10-12(18)9-11-5-2-1-3-6-11/h1-8H,9-10H2. The quantitative estimate of drug-likeness (QED) is 0.827. The minimum absolute atomic E-state index is 0.0118. The third kappa shape index (κ3) is 3.98. The first-order valence-corrected chi connectivity index (χ1v) is 6.55. The molecule has 0 N–H and O–H groups in total. The van der Waals surface area contributed by atoms with Gasteiger partial charge in [-0.05, 0) is 17.7 Å². The van der Waals surface area contributed by atoms with Crippen LogP contribution in [0.15, 0.2) is 48.5 Å². The molecule has 0 radical (unpaired) electrons. The molecule has 0 aromatic heterocycles. The van der Waals surface area contributed by atoms with Crippen LogP contribution in [0.1, 0.15) is 5.56 Å². The van der Waals surface area contributed by atoms with Gasteiger partial charge in [-0.25, -0.2) is 0 Å². The highest BCUT2D eigenvalue weighted by Crippen LogP contribution is 2.31. The number of hydrogen-bond acceptors (Lipinski definition) is 2. The van der Waals surface area contributed by atoms with E-state index >= 15 is 0 Å². The summed E-state index contributed by atoms with van der Waals surface area (Å²) < 4.78 is 5.39. The number of ketones is 1. The molecule has 2 nitrogen and oxygen atoms in total. The van der Waals surface area contributed by atoms with Gasteiger partial charge in [0.15, 0.2) is 5.78 Å². The average molecular weight is 295 g/mol. The highest BCUT2D eigenvalue weighted by molar-refractivity contribution is 6.42. The summed E-state index contributed by atoms with van der Waals surface area (Å²) in [6, 6.07) is 14.6. The first-order valence-electron chi connectivity index (χ1n) is 5.79. The number of carbonyl (C=O) groups excluding carboxylic acids is 1. The fourth-order valence-electron chi connectivity index (χ4n) is 1.63. The number of ether oxygens (including phenoxy) is 1. The lowest BCUT2D eigenvalue weighted by atomic mass is 10.1. The molecular formula is C15H12Cl2O2. The summed E-state index contributed by atoms with van der Waals surface area (Å²) in [6.07, 6.45) is 0.346. The number of Topliss-reactive ketones (excluding diaryl/α,β-unsaturated/α-hetero) is 1. The lowest BCUT2D eigenvalue weighted by molar-refractivity contribution is -0.120. The lowest BCUT2D eigenvalue weighted by Crippen LogP contribution is -2.13. The van der Waals surface area contributed by atoms with Gasteiger partial charge in [0.1, 0.15) is 17.4 Å². The first-order chi connectivity index (χ1) is 9.16. The molecule has 0 saturated carbocycles. The molecule has 0 unspecified atom stereocenters. The van der Waals surface area contributed by atoms with Crippen molar-refractivity contribution in [2.45, 2.75) is 6.42 Å². The van der Waals surface area contributed by atoms with Crippen LogP contribution in [0.25, 0.3) is 0 Å². The van der Waals surface area contributed by atoms with Crippen LogP contribution in [0.4, 0.5) is 0 Å². The van der Waals surface area contributed by atoms with E-state index in [1.165, 1.54) is 0 Å². The molecule has 0 bridgehead atoms. The van der Waals surface area contributed by atoms with Crippen LogP contribution >= 0.6 is 23.2 Å². The molecular weight excluding hydrogens is 283 g/mol. The zero-order valence-corrected chi connectivity index (χ0v) is 11.6. The van der Waals surface area contributed by atoms with Crippen molar-refractivity contribution in [2.75, 3.05) is 6.61 Å². The zero-order valence-electron chi connectivity index (χ0n) is 10.1. The van der Waals surface area contributed by atoms with Gasteiger partial charge in [0.25, 0.3) is 0 Å². The summed E-state index contributed by atoms with van der Waals surface area (Å²) in [7, 11) is 0. The van der Waals surface area contributed by atoms with Crippen molar-refractivity contribution >= 4 is 29.0 Å². The molecule has 0 amide bonds. The number of halogens is 2. The van der Waals surface area contributed by atoms with Crippen LogP contribution in [0.5, 0.6) is 5.75 Å². The van der Waals surface area contributed by atoms with Gasteiger partial charge in [-0.3, -0.25) is 4.79 Å². The van der Waals surface area contributed by atoms with Gasteiger partial charge in [0, 0.05) is 6.42 Å². The molecule has 98 valence electrons. The van der Waals surface area contributed by atoms with Gasteiger partial charge in [0.05, 0.1) is 5.02 Å². The highest BCUT2D eigenvalue weighted by Gasteiger charge is 2.08. The fourth-order valence-corrected chi connectivity index (χ4v) is 1.97. The number of benzene rings is 2. The van der Waals surface area contributed by atoms with E-state index in [2.05, 4.69) is 0 Å². The maximum atomic E-state index is 11.8. The van der Waals surface area contributed by atoms with Crippen molar-refractivity contribution in [3.05, 3.63) is 64.1 Å². The maximum absolute atomic E-state index is 11.8. The van der Waals surface area contributed by atoms with Crippen LogP contribution in [0.2, 0.25) is 10.0 Å². The van der Waals surface area contributed by atoms with Crippen LogP contribution < -0.4 is 4.74 Å². The smallest absolute Gasteiger partial charge is 0.174 e. The van der Waals surface area contributed by atoms with E-state index in [1.54, 1.807) is 18.2 Å². The van der Waals surface area contributed by atoms with Crippen LogP contribution in [0.3, 0.4) is 0 Å². The normalized spacial score (nSPS) is 10.2. The second kappa shape index (κ2) is 6.60. The van der Waals surface area contributed by atoms with Gasteiger partial charge >= 0.3 is 0 Å². The van der Waals surface area contributed by atoms with Crippen molar-refractivity contribution in [3.63, 3.8) is 0 Å². The Morgan fingerprint density at radius 3 is 2.47 bits per heavy atom. The molecule has 0 spiro atoms. The second-order valence-electron chi connectivity index (χ2n) is 4.04. The Kier molecular flexibility index (Phi) is 4.83. The Balaban J connectivity index is 1.92. The first kappa shape index (κ1) is 13.9. The summed E-state index contributed by atoms with van der Waals surface area (Å²) in [6.45, 7) is -0.0189. The van der Waals surface area contributed by atoms with Crippen molar-refractivity contribution in [1.82, 2.24) is 0 Å². The van der Waals surface area contributed by atoms with Gasteiger partial charge < -0.3 is 4.74 Å². The number of rotatable bonds is 5. The van der Waals surface area contributed by atoms with Gasteiger partial charge in [-0.15, -0.1) is 0 Å². The molecule has 4 heteroatoms. The average Bonchev–Trinajstić information content (AvgIpc) is 2.42. The predicted molar refractivity (Wildman–Crippen MR) is 77.1 cm³/mol. The van der Waals surface area contributed by atoms with E-state index in [9.17, 15) is 4.79 Å². The monoisotopic (exact) mass is 294 g/mol. The third-order valence-electron chi connectivity index (χ3n) is 2.55. The largest absolute Gasteiger partial charge is 0.484 e. The number of hydrogen-bond donors (Lipinski definition) is 0. The summed E-state index contributed by atoms with van der Waals surface area (Å²) in [5.74, 6) is 0.415. The third-order valence-corrected chi connectivity index (χ3v) is 3.35. The Hall–Kier alpha value is -1.51. The predicted octanol–water partition coefficient (Wildman–Crippen LogP) is 4.18. The fraction of sp³-hybridized carbons (Fsp3) is 0.133. The zero-order chi connectivity index (χ0) is 13.7. The van der Waals surface area contributed by atoms with E-state index in [0.29, 0.717) is 22.2 Å². The van der Waals surface area contributed by atoms with Crippen molar-refractivity contribution in [1.29, 1.82) is 0 Å². The van der Waals surface area contributed by atoms with E-state index < -0.39 is 0 Å². The molecule has 2 aromatic carbocycles. The lowest BCUT2D eigenvalue weighted by Gasteiger charge is -2.08. The molecule has 0 atom stereocenters. The number of carbonyl (C=O) groups is 1. The Bertz CT molecular complexity index is 568. The van der Waals surface area contributed by atoms with E-state index in [0.717, 1.165) is 5.56 Å². The molecule has 19 heavy (non-hydrogen) atoms. The molecule has 0 saturated heterocycles. The van der Waals surface area contributed by atoms with Crippen LogP contribution in [-0.2, 0) is 11.2 Å². The molecule has 0 aliphatic rings. The van der Waals surface area contributed by atoms with Crippen molar-refractivity contribution < 1.29 is 9.53 Å². The highest BCUT2D eigenvalue weighted by atomic mass is 35.5. The minimum atomic E-state index is -0.0189. The van der Waals surface area contributed by atoms with E-state index in [1.807, 2.05) is 30.3 Å². The van der Waals surface area contributed by atoms with Crippen molar-refractivity contribution in [3.8, 4) is 5.75 Å². The van der Waals surface area contributed by atoms with E-state index in [4.69, 9.17) is 27.9 Å². The maximum Gasteiger partial charge on any atom is 0.174 e. The molecule has 2 aromatic rings. The molecule has 2 rings (SSSR count). The minimum Gasteiger partial charge on any atom is -0.484 e. The Morgan fingerprint density at radius 2 is 1.74 bits per heavy atom. The molecule has 0 fully saturated rings. The topological polar surface area (TPSA) is 26.3 Å². The SMILES string of the molecule is O=C(COc1cccc(Cl)c1Cl)Cc1ccccc1. The second-order valence-corrected chi connectivity index (χ2v) is 4.83. The molecule has 0 heterocycles. The van der Waals surface area contributed by atoms with Crippen LogP contribution in [0, 0.1) is 0 Å². The summed E-state index contributed by atoms with van der Waals surface area (Å²) >= 11 is 11.8. The van der Waals surface area contributed by atoms with E-state index in [-0.39, 0.29) is 12.4 Å². The summed E-state index contributed by atoms with van der Waals surface area (Å²) in [5, 5.41) is 0.742. The Morgan fingerprint density at radius 1 is 1.00 bits per heavy atom. The summed E-state index contributed by atoms with van der Waals surface area (Å²) in [5.41, 5.74) is 0.966. The van der Waals surface area contributed by atoms with Gasteiger partial charge in [-0.1, -0.05) is 59.6 Å².